The lowest BCUT2D eigenvalue weighted by Gasteiger charge is -2.38. The first-order chi connectivity index (χ1) is 19.1. The standard InChI is InChI=1S/C31H39N3O5S/c1-40(38,39)27-11-7-23(8-12-27)22-34-20-16-31(30(34)37)14-18-33(19-15-31)17-13-28(24-5-3-2-4-6-24)32-29(36)25-9-10-26(35)21-25/h2-8,11-12,25,28H,9-10,13-22H2,1H3,(H,32,36)/t25?,28-/m0/s1. The van der Waals surface area contributed by atoms with Gasteiger partial charge in [-0.05, 0) is 68.5 Å². The van der Waals surface area contributed by atoms with Gasteiger partial charge in [-0.15, -0.1) is 0 Å². The molecule has 2 aliphatic heterocycles. The van der Waals surface area contributed by atoms with Crippen LogP contribution in [0.2, 0.25) is 0 Å². The Bertz CT molecular complexity index is 1330. The Labute approximate surface area is 237 Å². The Balaban J connectivity index is 1.14. The summed E-state index contributed by atoms with van der Waals surface area (Å²) >= 11 is 0. The van der Waals surface area contributed by atoms with Crippen LogP contribution in [0.15, 0.2) is 59.5 Å². The highest BCUT2D eigenvalue weighted by atomic mass is 32.2. The van der Waals surface area contributed by atoms with Crippen molar-refractivity contribution in [2.75, 3.05) is 32.4 Å². The van der Waals surface area contributed by atoms with Crippen molar-refractivity contribution in [1.82, 2.24) is 15.1 Å². The molecule has 1 N–H and O–H groups in total. The number of Topliss-reactive ketones (excluding diaryl/α,β-unsaturated/α-hetero) is 1. The van der Waals surface area contributed by atoms with Crippen LogP contribution in [-0.2, 0) is 30.8 Å². The number of carbonyl (C=O) groups is 3. The van der Waals surface area contributed by atoms with Crippen LogP contribution in [0.1, 0.15) is 62.1 Å². The SMILES string of the molecule is CS(=O)(=O)c1ccc(CN2CCC3(CCN(CC[C@H](NC(=O)C4CCC(=O)C4)c4ccccc4)CC3)C2=O)cc1. The molecular weight excluding hydrogens is 526 g/mol. The maximum atomic E-state index is 13.5. The van der Waals surface area contributed by atoms with Crippen molar-refractivity contribution in [3.63, 3.8) is 0 Å². The highest BCUT2D eigenvalue weighted by Crippen LogP contribution is 2.42. The number of carbonyl (C=O) groups excluding carboxylic acids is 3. The number of hydrogen-bond acceptors (Lipinski definition) is 6. The predicted molar refractivity (Wildman–Crippen MR) is 152 cm³/mol. The third-order valence-electron chi connectivity index (χ3n) is 9.01. The Morgan fingerprint density at radius 3 is 2.30 bits per heavy atom. The molecule has 1 spiro atoms. The van der Waals surface area contributed by atoms with Crippen molar-refractivity contribution < 1.29 is 22.8 Å². The molecule has 2 heterocycles. The molecule has 0 bridgehead atoms. The largest absolute Gasteiger partial charge is 0.349 e. The molecule has 9 heteroatoms. The molecule has 2 aromatic rings. The predicted octanol–water partition coefficient (Wildman–Crippen LogP) is 3.52. The van der Waals surface area contributed by atoms with Gasteiger partial charge in [0.1, 0.15) is 5.78 Å². The molecule has 1 unspecified atom stereocenters. The molecular formula is C31H39N3O5S. The van der Waals surface area contributed by atoms with Crippen molar-refractivity contribution in [3.05, 3.63) is 65.7 Å². The van der Waals surface area contributed by atoms with E-state index in [0.717, 1.165) is 63.0 Å². The maximum Gasteiger partial charge on any atom is 0.229 e. The number of nitrogens with one attached hydrogen (secondary N) is 1. The van der Waals surface area contributed by atoms with E-state index in [-0.39, 0.29) is 39.9 Å². The first-order valence-electron chi connectivity index (χ1n) is 14.3. The molecule has 2 saturated heterocycles. The van der Waals surface area contributed by atoms with Gasteiger partial charge in [-0.1, -0.05) is 42.5 Å². The summed E-state index contributed by atoms with van der Waals surface area (Å²) in [4.78, 5) is 42.7. The van der Waals surface area contributed by atoms with Crippen molar-refractivity contribution in [2.45, 2.75) is 62.4 Å². The molecule has 0 radical (unpaired) electrons. The molecule has 2 atom stereocenters. The Morgan fingerprint density at radius 1 is 1.00 bits per heavy atom. The lowest BCUT2D eigenvalue weighted by molar-refractivity contribution is -0.139. The van der Waals surface area contributed by atoms with Crippen LogP contribution < -0.4 is 5.32 Å². The topological polar surface area (TPSA) is 104 Å². The molecule has 0 aromatic heterocycles. The first-order valence-corrected chi connectivity index (χ1v) is 16.2. The highest BCUT2D eigenvalue weighted by Gasteiger charge is 2.47. The maximum absolute atomic E-state index is 13.5. The minimum absolute atomic E-state index is 0.0279. The third kappa shape index (κ3) is 6.47. The van der Waals surface area contributed by atoms with E-state index >= 15 is 0 Å². The van der Waals surface area contributed by atoms with E-state index in [1.54, 1.807) is 24.3 Å². The number of nitrogens with zero attached hydrogens (tertiary/aromatic N) is 2. The van der Waals surface area contributed by atoms with Crippen molar-refractivity contribution in [1.29, 1.82) is 0 Å². The summed E-state index contributed by atoms with van der Waals surface area (Å²) < 4.78 is 23.5. The fraction of sp³-hybridized carbons (Fsp3) is 0.516. The van der Waals surface area contributed by atoms with Crippen LogP contribution in [0.3, 0.4) is 0 Å². The summed E-state index contributed by atoms with van der Waals surface area (Å²) in [5.41, 5.74) is 1.69. The number of rotatable bonds is 9. The molecule has 214 valence electrons. The van der Waals surface area contributed by atoms with Gasteiger partial charge in [-0.2, -0.15) is 0 Å². The second-order valence-electron chi connectivity index (χ2n) is 11.8. The molecule has 1 aliphatic carbocycles. The second-order valence-corrected chi connectivity index (χ2v) is 13.8. The molecule has 3 fully saturated rings. The summed E-state index contributed by atoms with van der Waals surface area (Å²) in [6.45, 7) is 3.73. The second kappa shape index (κ2) is 11.8. The summed E-state index contributed by atoms with van der Waals surface area (Å²) in [5.74, 6) is 0.130. The smallest absolute Gasteiger partial charge is 0.229 e. The van der Waals surface area contributed by atoms with E-state index in [9.17, 15) is 22.8 Å². The molecule has 40 heavy (non-hydrogen) atoms. The van der Waals surface area contributed by atoms with E-state index < -0.39 is 9.84 Å². The van der Waals surface area contributed by atoms with Gasteiger partial charge in [0.15, 0.2) is 9.84 Å². The zero-order valence-electron chi connectivity index (χ0n) is 23.2. The van der Waals surface area contributed by atoms with Gasteiger partial charge in [-0.25, -0.2) is 8.42 Å². The Morgan fingerprint density at radius 2 is 1.68 bits per heavy atom. The van der Waals surface area contributed by atoms with Gasteiger partial charge in [0, 0.05) is 44.6 Å². The minimum Gasteiger partial charge on any atom is -0.349 e. The number of piperidine rings is 1. The minimum atomic E-state index is -3.24. The van der Waals surface area contributed by atoms with Gasteiger partial charge in [0.05, 0.1) is 16.4 Å². The van der Waals surface area contributed by atoms with Gasteiger partial charge >= 0.3 is 0 Å². The lowest BCUT2D eigenvalue weighted by Crippen LogP contribution is -2.45. The molecule has 1 saturated carbocycles. The highest BCUT2D eigenvalue weighted by molar-refractivity contribution is 7.90. The van der Waals surface area contributed by atoms with Crippen LogP contribution in [0.5, 0.6) is 0 Å². The van der Waals surface area contributed by atoms with Crippen LogP contribution in [0, 0.1) is 11.3 Å². The van der Waals surface area contributed by atoms with E-state index in [2.05, 4.69) is 10.2 Å². The average Bonchev–Trinajstić information content (AvgIpc) is 3.51. The summed E-state index contributed by atoms with van der Waals surface area (Å²) in [5, 5.41) is 3.22. The number of ketones is 1. The van der Waals surface area contributed by atoms with Gasteiger partial charge < -0.3 is 15.1 Å². The monoisotopic (exact) mass is 565 g/mol. The van der Waals surface area contributed by atoms with Crippen LogP contribution in [0.25, 0.3) is 0 Å². The quantitative estimate of drug-likeness (QED) is 0.499. The van der Waals surface area contributed by atoms with Crippen molar-refractivity contribution in [3.8, 4) is 0 Å². The molecule has 8 nitrogen and oxygen atoms in total. The Hall–Kier alpha value is -3.04. The lowest BCUT2D eigenvalue weighted by atomic mass is 9.77. The number of sulfone groups is 1. The molecule has 2 amide bonds. The first kappa shape index (κ1) is 28.5. The summed E-state index contributed by atoms with van der Waals surface area (Å²) in [7, 11) is -3.24. The van der Waals surface area contributed by atoms with Gasteiger partial charge in [0.25, 0.3) is 0 Å². The van der Waals surface area contributed by atoms with Crippen molar-refractivity contribution >= 4 is 27.4 Å². The average molecular weight is 566 g/mol. The normalized spacial score (nSPS) is 22.1. The third-order valence-corrected chi connectivity index (χ3v) is 10.1. The van der Waals surface area contributed by atoms with E-state index in [1.807, 2.05) is 35.2 Å². The van der Waals surface area contributed by atoms with E-state index in [0.29, 0.717) is 25.8 Å². The zero-order chi connectivity index (χ0) is 28.3. The van der Waals surface area contributed by atoms with Crippen molar-refractivity contribution in [2.24, 2.45) is 11.3 Å². The molecule has 5 rings (SSSR count). The van der Waals surface area contributed by atoms with Gasteiger partial charge in [-0.3, -0.25) is 14.4 Å². The summed E-state index contributed by atoms with van der Waals surface area (Å²) in [6, 6.07) is 16.7. The van der Waals surface area contributed by atoms with Crippen LogP contribution in [0.4, 0.5) is 0 Å². The zero-order valence-corrected chi connectivity index (χ0v) is 24.0. The van der Waals surface area contributed by atoms with E-state index in [1.165, 1.54) is 6.26 Å². The number of likely N-dealkylation sites (tertiary alicyclic amines) is 2. The van der Waals surface area contributed by atoms with Gasteiger partial charge in [0.2, 0.25) is 11.8 Å². The number of hydrogen-bond donors (Lipinski definition) is 1. The van der Waals surface area contributed by atoms with E-state index in [4.69, 9.17) is 0 Å². The number of amides is 2. The van der Waals surface area contributed by atoms with Crippen LogP contribution in [-0.4, -0.2) is 68.3 Å². The molecule has 2 aromatic carbocycles. The number of benzene rings is 2. The fourth-order valence-corrected chi connectivity index (χ4v) is 7.05. The summed E-state index contributed by atoms with van der Waals surface area (Å²) in [6.07, 6.45) is 5.94. The molecule has 3 aliphatic rings. The fourth-order valence-electron chi connectivity index (χ4n) is 6.42. The Kier molecular flexibility index (Phi) is 8.42. The van der Waals surface area contributed by atoms with Crippen LogP contribution >= 0.6 is 0 Å².